The molecule has 2 N–H and O–H groups in total. The topological polar surface area (TPSA) is 58.8 Å². The van der Waals surface area contributed by atoms with Crippen molar-refractivity contribution < 1.29 is 9.53 Å². The summed E-state index contributed by atoms with van der Waals surface area (Å²) in [7, 11) is 0. The lowest BCUT2D eigenvalue weighted by molar-refractivity contribution is -0.135. The molecule has 4 atom stereocenters. The lowest BCUT2D eigenvalue weighted by Gasteiger charge is -2.34. The number of ether oxygens (including phenoxy) is 1. The summed E-state index contributed by atoms with van der Waals surface area (Å²) in [6.07, 6.45) is 3.32. The van der Waals surface area contributed by atoms with Crippen molar-refractivity contribution in [3.8, 4) is 0 Å². The third-order valence-electron chi connectivity index (χ3n) is 5.68. The minimum atomic E-state index is 0. The van der Waals surface area contributed by atoms with Gasteiger partial charge in [0.25, 0.3) is 0 Å². The second kappa shape index (κ2) is 9.42. The minimum Gasteiger partial charge on any atom is -0.379 e. The molecule has 23 heavy (non-hydrogen) atoms. The van der Waals surface area contributed by atoms with E-state index >= 15 is 0 Å². The predicted octanol–water partition coefficient (Wildman–Crippen LogP) is 1.38. The van der Waals surface area contributed by atoms with Crippen molar-refractivity contribution in [2.75, 3.05) is 45.9 Å². The van der Waals surface area contributed by atoms with Gasteiger partial charge in [0.05, 0.1) is 13.2 Å². The van der Waals surface area contributed by atoms with Gasteiger partial charge in [-0.3, -0.25) is 9.69 Å². The summed E-state index contributed by atoms with van der Waals surface area (Å²) in [6.45, 7) is 8.42. The number of amides is 1. The highest BCUT2D eigenvalue weighted by atomic mass is 35.5. The van der Waals surface area contributed by atoms with Crippen LogP contribution in [0.5, 0.6) is 0 Å². The summed E-state index contributed by atoms with van der Waals surface area (Å²) < 4.78 is 5.44. The highest BCUT2D eigenvalue weighted by Gasteiger charge is 2.41. The normalized spacial score (nSPS) is 34.8. The van der Waals surface area contributed by atoms with Gasteiger partial charge in [0.1, 0.15) is 0 Å². The molecule has 2 unspecified atom stereocenters. The number of nitrogens with two attached hydrogens (primary N) is 1. The molecule has 0 radical (unpaired) electrons. The Bertz CT molecular complexity index is 380. The van der Waals surface area contributed by atoms with E-state index in [0.717, 1.165) is 58.7 Å². The Morgan fingerprint density at radius 2 is 1.87 bits per heavy atom. The first-order valence-electron chi connectivity index (χ1n) is 8.51. The van der Waals surface area contributed by atoms with Crippen molar-refractivity contribution in [3.05, 3.63) is 0 Å². The summed E-state index contributed by atoms with van der Waals surface area (Å²) >= 11 is 0. The first-order chi connectivity index (χ1) is 10.2. The number of carbonyl (C=O) groups is 1. The van der Waals surface area contributed by atoms with Gasteiger partial charge in [0, 0.05) is 38.1 Å². The van der Waals surface area contributed by atoms with Crippen LogP contribution in [0.1, 0.15) is 26.2 Å². The van der Waals surface area contributed by atoms with Gasteiger partial charge in [-0.25, -0.2) is 0 Å². The fraction of sp³-hybridized carbons (Fsp3) is 0.938. The van der Waals surface area contributed by atoms with Gasteiger partial charge in [0.15, 0.2) is 0 Å². The van der Waals surface area contributed by atoms with Crippen LogP contribution in [-0.2, 0) is 9.53 Å². The molecule has 0 bridgehead atoms. The third kappa shape index (κ3) is 4.51. The zero-order chi connectivity index (χ0) is 14.8. The van der Waals surface area contributed by atoms with Crippen LogP contribution in [-0.4, -0.2) is 67.7 Å². The molecule has 0 aromatic heterocycles. The van der Waals surface area contributed by atoms with Gasteiger partial charge in [-0.15, -0.1) is 24.8 Å². The molecule has 0 spiro atoms. The maximum atomic E-state index is 12.8. The van der Waals surface area contributed by atoms with Crippen molar-refractivity contribution in [1.29, 1.82) is 0 Å². The molecule has 136 valence electrons. The van der Waals surface area contributed by atoms with E-state index in [2.05, 4.69) is 16.7 Å². The van der Waals surface area contributed by atoms with Crippen LogP contribution in [0, 0.1) is 17.8 Å². The van der Waals surface area contributed by atoms with E-state index in [1.54, 1.807) is 0 Å². The largest absolute Gasteiger partial charge is 0.379 e. The molecule has 3 fully saturated rings. The number of carbonyl (C=O) groups excluding carboxylic acids is 1. The Hall–Kier alpha value is -0.0700. The summed E-state index contributed by atoms with van der Waals surface area (Å²) in [5.41, 5.74) is 5.84. The Balaban J connectivity index is 0.00000132. The van der Waals surface area contributed by atoms with E-state index in [1.807, 2.05) is 0 Å². The first-order valence-corrected chi connectivity index (χ1v) is 8.51. The summed E-state index contributed by atoms with van der Waals surface area (Å²) in [5, 5.41) is 0. The number of nitrogens with zero attached hydrogens (tertiary/aromatic N) is 2. The molecule has 2 saturated heterocycles. The zero-order valence-electron chi connectivity index (χ0n) is 14.0. The summed E-state index contributed by atoms with van der Waals surface area (Å²) in [4.78, 5) is 17.4. The third-order valence-corrected chi connectivity index (χ3v) is 5.68. The number of hydrogen-bond donors (Lipinski definition) is 1. The molecule has 1 amide bonds. The summed E-state index contributed by atoms with van der Waals surface area (Å²) in [6, 6.07) is 0.510. The van der Waals surface area contributed by atoms with E-state index in [9.17, 15) is 4.79 Å². The number of halogens is 2. The van der Waals surface area contributed by atoms with Crippen molar-refractivity contribution in [2.45, 2.75) is 32.2 Å². The smallest absolute Gasteiger partial charge is 0.226 e. The predicted molar refractivity (Wildman–Crippen MR) is 96.3 cm³/mol. The van der Waals surface area contributed by atoms with E-state index in [1.165, 1.54) is 0 Å². The Morgan fingerprint density at radius 3 is 2.52 bits per heavy atom. The van der Waals surface area contributed by atoms with Gasteiger partial charge in [-0.2, -0.15) is 0 Å². The average Bonchev–Trinajstić information content (AvgIpc) is 3.13. The van der Waals surface area contributed by atoms with Crippen LogP contribution in [0.2, 0.25) is 0 Å². The van der Waals surface area contributed by atoms with Crippen LogP contribution in [0.4, 0.5) is 0 Å². The maximum Gasteiger partial charge on any atom is 0.226 e. The number of morpholine rings is 1. The van der Waals surface area contributed by atoms with Gasteiger partial charge in [0.2, 0.25) is 5.91 Å². The van der Waals surface area contributed by atoms with Crippen molar-refractivity contribution in [2.24, 2.45) is 23.5 Å². The number of hydrogen-bond acceptors (Lipinski definition) is 4. The number of likely N-dealkylation sites (tertiary alicyclic amines) is 1. The van der Waals surface area contributed by atoms with E-state index in [4.69, 9.17) is 10.5 Å². The molecule has 0 aromatic carbocycles. The second-order valence-corrected chi connectivity index (χ2v) is 6.97. The molecule has 3 aliphatic rings. The maximum absolute atomic E-state index is 12.8. The molecule has 2 aliphatic heterocycles. The molecule has 0 aromatic rings. The van der Waals surface area contributed by atoms with Crippen LogP contribution in [0.15, 0.2) is 0 Å². The SMILES string of the molecule is CC1CN(C(=O)[C@@H]2CCC[C@@H]2CN)CC1N1CCOCC1.Cl.Cl. The number of rotatable bonds is 3. The molecular formula is C16H31Cl2N3O2. The van der Waals surface area contributed by atoms with Crippen molar-refractivity contribution in [1.82, 2.24) is 9.80 Å². The van der Waals surface area contributed by atoms with Crippen molar-refractivity contribution >= 4 is 30.7 Å². The average molecular weight is 368 g/mol. The fourth-order valence-corrected chi connectivity index (χ4v) is 4.39. The second-order valence-electron chi connectivity index (χ2n) is 6.97. The van der Waals surface area contributed by atoms with Crippen LogP contribution >= 0.6 is 24.8 Å². The summed E-state index contributed by atoms with van der Waals surface area (Å²) in [5.74, 6) is 1.52. The molecule has 5 nitrogen and oxygen atoms in total. The molecular weight excluding hydrogens is 337 g/mol. The molecule has 7 heteroatoms. The molecule has 1 aliphatic carbocycles. The van der Waals surface area contributed by atoms with Crippen molar-refractivity contribution in [3.63, 3.8) is 0 Å². The van der Waals surface area contributed by atoms with Gasteiger partial charge < -0.3 is 15.4 Å². The fourth-order valence-electron chi connectivity index (χ4n) is 4.39. The Morgan fingerprint density at radius 1 is 1.17 bits per heavy atom. The molecule has 2 heterocycles. The zero-order valence-corrected chi connectivity index (χ0v) is 15.6. The van der Waals surface area contributed by atoms with E-state index in [0.29, 0.717) is 30.3 Å². The van der Waals surface area contributed by atoms with Gasteiger partial charge in [-0.05, 0) is 31.2 Å². The Kier molecular flexibility index (Phi) is 8.59. The highest BCUT2D eigenvalue weighted by Crippen LogP contribution is 2.34. The Labute approximate surface area is 152 Å². The minimum absolute atomic E-state index is 0. The lowest BCUT2D eigenvalue weighted by Crippen LogP contribution is -2.47. The highest BCUT2D eigenvalue weighted by molar-refractivity contribution is 5.85. The first kappa shape index (κ1) is 21.0. The van der Waals surface area contributed by atoms with Crippen LogP contribution in [0.25, 0.3) is 0 Å². The standard InChI is InChI=1S/C16H29N3O2.2ClH/c1-12-10-19(11-15(12)18-5-7-21-8-6-18)16(20)14-4-2-3-13(14)9-17;;/h12-15H,2-11,17H2,1H3;2*1H/t12?,13-,14-,15?;;/m1../s1. The van der Waals surface area contributed by atoms with Gasteiger partial charge >= 0.3 is 0 Å². The monoisotopic (exact) mass is 367 g/mol. The van der Waals surface area contributed by atoms with E-state index in [-0.39, 0.29) is 30.7 Å². The van der Waals surface area contributed by atoms with Crippen LogP contribution < -0.4 is 5.73 Å². The van der Waals surface area contributed by atoms with Gasteiger partial charge in [-0.1, -0.05) is 13.3 Å². The quantitative estimate of drug-likeness (QED) is 0.818. The van der Waals surface area contributed by atoms with Crippen LogP contribution in [0.3, 0.4) is 0 Å². The van der Waals surface area contributed by atoms with E-state index < -0.39 is 0 Å². The molecule has 1 saturated carbocycles. The molecule has 3 rings (SSSR count). The lowest BCUT2D eigenvalue weighted by atomic mass is 9.95.